The van der Waals surface area contributed by atoms with Crippen molar-refractivity contribution in [3.05, 3.63) is 29.8 Å². The lowest BCUT2D eigenvalue weighted by molar-refractivity contribution is -0.137. The van der Waals surface area contributed by atoms with Crippen LogP contribution in [0.1, 0.15) is 18.4 Å². The summed E-state index contributed by atoms with van der Waals surface area (Å²) in [5.41, 5.74) is -0.905. The molecule has 1 saturated carbocycles. The van der Waals surface area contributed by atoms with Crippen LogP contribution in [0.3, 0.4) is 0 Å². The van der Waals surface area contributed by atoms with Crippen molar-refractivity contribution in [3.63, 3.8) is 0 Å². The van der Waals surface area contributed by atoms with Crippen molar-refractivity contribution >= 4 is 9.84 Å². The molecule has 0 amide bonds. The number of aliphatic hydroxyl groups is 1. The molecule has 0 spiro atoms. The van der Waals surface area contributed by atoms with E-state index in [1.807, 2.05) is 0 Å². The number of nitrogens with one attached hydrogen (secondary N) is 1. The molecule has 1 unspecified atom stereocenters. The molecule has 2 N–H and O–H groups in total. The average molecular weight is 323 g/mol. The van der Waals surface area contributed by atoms with E-state index in [-0.39, 0.29) is 11.4 Å². The van der Waals surface area contributed by atoms with Crippen molar-refractivity contribution in [1.29, 1.82) is 0 Å². The molecule has 1 atom stereocenters. The first-order valence-electron chi connectivity index (χ1n) is 6.50. The zero-order valence-electron chi connectivity index (χ0n) is 11.1. The van der Waals surface area contributed by atoms with Gasteiger partial charge in [-0.3, -0.25) is 0 Å². The Balaban J connectivity index is 2.00. The first-order valence-corrected chi connectivity index (χ1v) is 8.15. The molecule has 1 aliphatic rings. The van der Waals surface area contributed by atoms with Gasteiger partial charge in [-0.05, 0) is 37.1 Å². The van der Waals surface area contributed by atoms with Crippen LogP contribution >= 0.6 is 0 Å². The molecule has 0 bridgehead atoms. The molecule has 1 aliphatic carbocycles. The first kappa shape index (κ1) is 16.3. The second-order valence-corrected chi connectivity index (χ2v) is 7.17. The van der Waals surface area contributed by atoms with Gasteiger partial charge in [0, 0.05) is 12.6 Å². The monoisotopic (exact) mass is 323 g/mol. The Bertz CT molecular complexity index is 580. The van der Waals surface area contributed by atoms with Gasteiger partial charge in [-0.1, -0.05) is 0 Å². The summed E-state index contributed by atoms with van der Waals surface area (Å²) >= 11 is 0. The minimum absolute atomic E-state index is 0.157. The normalized spacial score (nSPS) is 17.7. The molecule has 8 heteroatoms. The van der Waals surface area contributed by atoms with Crippen molar-refractivity contribution in [3.8, 4) is 0 Å². The Morgan fingerprint density at radius 2 is 1.81 bits per heavy atom. The third-order valence-electron chi connectivity index (χ3n) is 3.17. The zero-order chi connectivity index (χ0) is 15.7. The molecular formula is C13H16F3NO3S. The fourth-order valence-corrected chi connectivity index (χ4v) is 3.22. The van der Waals surface area contributed by atoms with Crippen LogP contribution in [-0.2, 0) is 16.0 Å². The highest BCUT2D eigenvalue weighted by Crippen LogP contribution is 2.29. The number of hydrogen-bond acceptors (Lipinski definition) is 4. The SMILES string of the molecule is O=S(=O)(CC(O)CNC1CC1)c1ccc(C(F)(F)F)cc1. The first-order chi connectivity index (χ1) is 9.68. The highest BCUT2D eigenvalue weighted by Gasteiger charge is 2.31. The number of alkyl halides is 3. The molecular weight excluding hydrogens is 307 g/mol. The van der Waals surface area contributed by atoms with Gasteiger partial charge in [0.25, 0.3) is 0 Å². The standard InChI is InChI=1S/C13H16F3NO3S/c14-13(15,16)9-1-5-12(6-2-9)21(19,20)8-11(18)7-17-10-3-4-10/h1-2,5-6,10-11,17-18H,3-4,7-8H2. The van der Waals surface area contributed by atoms with E-state index in [1.165, 1.54) is 0 Å². The molecule has 2 rings (SSSR count). The lowest BCUT2D eigenvalue weighted by atomic mass is 10.2. The summed E-state index contributed by atoms with van der Waals surface area (Å²) in [5.74, 6) is -0.516. The van der Waals surface area contributed by atoms with Crippen molar-refractivity contribution in [2.24, 2.45) is 0 Å². The zero-order valence-corrected chi connectivity index (χ0v) is 11.9. The average Bonchev–Trinajstić information content (AvgIpc) is 3.19. The molecule has 0 heterocycles. The molecule has 0 radical (unpaired) electrons. The molecule has 0 aromatic heterocycles. The number of sulfone groups is 1. The lowest BCUT2D eigenvalue weighted by Crippen LogP contribution is -2.33. The van der Waals surface area contributed by atoms with Crippen LogP contribution in [0.4, 0.5) is 13.2 Å². The number of halogens is 3. The fourth-order valence-electron chi connectivity index (χ4n) is 1.85. The van der Waals surface area contributed by atoms with Crippen LogP contribution in [0, 0.1) is 0 Å². The van der Waals surface area contributed by atoms with Gasteiger partial charge in [-0.25, -0.2) is 8.42 Å². The quantitative estimate of drug-likeness (QED) is 0.834. The number of hydrogen-bond donors (Lipinski definition) is 2. The van der Waals surface area contributed by atoms with E-state index in [0.29, 0.717) is 6.04 Å². The molecule has 4 nitrogen and oxygen atoms in total. The molecule has 118 valence electrons. The van der Waals surface area contributed by atoms with Crippen molar-refractivity contribution in [1.82, 2.24) is 5.32 Å². The van der Waals surface area contributed by atoms with Crippen LogP contribution in [-0.4, -0.2) is 38.0 Å². The molecule has 1 fully saturated rings. The molecule has 1 aromatic carbocycles. The third-order valence-corrected chi connectivity index (χ3v) is 4.99. The maximum atomic E-state index is 12.4. The third kappa shape index (κ3) is 4.69. The van der Waals surface area contributed by atoms with Crippen LogP contribution in [0.5, 0.6) is 0 Å². The Kier molecular flexibility index (Phi) is 4.60. The molecule has 0 aliphatic heterocycles. The van der Waals surface area contributed by atoms with Crippen molar-refractivity contribution < 1.29 is 26.7 Å². The summed E-state index contributed by atoms with van der Waals surface area (Å²) in [6.45, 7) is 0.157. The van der Waals surface area contributed by atoms with E-state index in [0.717, 1.165) is 37.1 Å². The summed E-state index contributed by atoms with van der Waals surface area (Å²) in [7, 11) is -3.81. The Labute approximate surface area is 120 Å². The predicted molar refractivity (Wildman–Crippen MR) is 70.5 cm³/mol. The highest BCUT2D eigenvalue weighted by atomic mass is 32.2. The lowest BCUT2D eigenvalue weighted by Gasteiger charge is -2.13. The highest BCUT2D eigenvalue weighted by molar-refractivity contribution is 7.91. The molecule has 21 heavy (non-hydrogen) atoms. The molecule has 1 aromatic rings. The smallest absolute Gasteiger partial charge is 0.391 e. The fraction of sp³-hybridized carbons (Fsp3) is 0.538. The summed E-state index contributed by atoms with van der Waals surface area (Å²) < 4.78 is 61.2. The van der Waals surface area contributed by atoms with Gasteiger partial charge in [0.05, 0.1) is 22.3 Å². The van der Waals surface area contributed by atoms with Gasteiger partial charge in [0.2, 0.25) is 0 Å². The summed E-state index contributed by atoms with van der Waals surface area (Å²) in [5, 5.41) is 12.7. The maximum Gasteiger partial charge on any atom is 0.416 e. The van der Waals surface area contributed by atoms with E-state index in [4.69, 9.17) is 0 Å². The summed E-state index contributed by atoms with van der Waals surface area (Å²) in [6.07, 6.45) is -3.56. The number of aliphatic hydroxyl groups excluding tert-OH is 1. The summed E-state index contributed by atoms with van der Waals surface area (Å²) in [4.78, 5) is -0.221. The van der Waals surface area contributed by atoms with E-state index < -0.39 is 33.4 Å². The summed E-state index contributed by atoms with van der Waals surface area (Å²) in [6, 6.07) is 3.62. The Hall–Kier alpha value is -1.12. The van der Waals surface area contributed by atoms with Gasteiger partial charge < -0.3 is 10.4 Å². The van der Waals surface area contributed by atoms with Gasteiger partial charge in [-0.15, -0.1) is 0 Å². The number of rotatable bonds is 6. The second kappa shape index (κ2) is 5.94. The van der Waals surface area contributed by atoms with Crippen molar-refractivity contribution in [2.45, 2.75) is 36.1 Å². The predicted octanol–water partition coefficient (Wildman–Crippen LogP) is 1.59. The Morgan fingerprint density at radius 3 is 2.29 bits per heavy atom. The van der Waals surface area contributed by atoms with Gasteiger partial charge in [0.1, 0.15) is 0 Å². The van der Waals surface area contributed by atoms with Gasteiger partial charge in [-0.2, -0.15) is 13.2 Å². The minimum atomic E-state index is -4.50. The van der Waals surface area contributed by atoms with E-state index in [1.54, 1.807) is 0 Å². The minimum Gasteiger partial charge on any atom is -0.391 e. The topological polar surface area (TPSA) is 66.4 Å². The second-order valence-electron chi connectivity index (χ2n) is 5.14. The van der Waals surface area contributed by atoms with E-state index in [2.05, 4.69) is 5.32 Å². The van der Waals surface area contributed by atoms with Crippen LogP contribution < -0.4 is 5.32 Å². The van der Waals surface area contributed by atoms with Crippen molar-refractivity contribution in [2.75, 3.05) is 12.3 Å². The van der Waals surface area contributed by atoms with Gasteiger partial charge >= 0.3 is 6.18 Å². The Morgan fingerprint density at radius 1 is 1.24 bits per heavy atom. The van der Waals surface area contributed by atoms with Crippen LogP contribution in [0.2, 0.25) is 0 Å². The van der Waals surface area contributed by atoms with E-state index in [9.17, 15) is 26.7 Å². The number of benzene rings is 1. The van der Waals surface area contributed by atoms with E-state index >= 15 is 0 Å². The van der Waals surface area contributed by atoms with Gasteiger partial charge in [0.15, 0.2) is 9.84 Å². The maximum absolute atomic E-state index is 12.4. The van der Waals surface area contributed by atoms with Crippen LogP contribution in [0.15, 0.2) is 29.2 Å². The largest absolute Gasteiger partial charge is 0.416 e. The van der Waals surface area contributed by atoms with Crippen LogP contribution in [0.25, 0.3) is 0 Å². The molecule has 0 saturated heterocycles.